The van der Waals surface area contributed by atoms with E-state index in [0.29, 0.717) is 16.3 Å². The molecule has 0 unspecified atom stereocenters. The Morgan fingerprint density at radius 1 is 1.16 bits per heavy atom. The van der Waals surface area contributed by atoms with E-state index in [1.165, 1.54) is 22.6 Å². The molecule has 0 spiro atoms. The van der Waals surface area contributed by atoms with E-state index in [1.54, 1.807) is 24.3 Å². The molecule has 2 heterocycles. The number of fused-ring (bicyclic) bond motifs is 4. The zero-order chi connectivity index (χ0) is 17.7. The van der Waals surface area contributed by atoms with Gasteiger partial charge in [-0.2, -0.15) is 5.26 Å². The molecule has 0 saturated carbocycles. The second-order valence-corrected chi connectivity index (χ2v) is 5.45. The van der Waals surface area contributed by atoms with E-state index in [-0.39, 0.29) is 28.1 Å². The largest absolute Gasteiger partial charge is 0.383 e. The number of nitriles is 1. The molecule has 0 bridgehead atoms. The summed E-state index contributed by atoms with van der Waals surface area (Å²) in [6.45, 7) is 0. The fourth-order valence-electron chi connectivity index (χ4n) is 2.99. The van der Waals surface area contributed by atoms with Crippen molar-refractivity contribution in [2.45, 2.75) is 0 Å². The molecule has 4 rings (SSSR count). The summed E-state index contributed by atoms with van der Waals surface area (Å²) in [4.78, 5) is 27.7. The van der Waals surface area contributed by atoms with Crippen LogP contribution in [0.15, 0.2) is 47.3 Å². The van der Waals surface area contributed by atoms with Gasteiger partial charge in [-0.1, -0.05) is 12.1 Å². The predicted molar refractivity (Wildman–Crippen MR) is 92.3 cm³/mol. The molecule has 25 heavy (non-hydrogen) atoms. The summed E-state index contributed by atoms with van der Waals surface area (Å²) in [5.74, 6) is 0.202. The van der Waals surface area contributed by atoms with Crippen LogP contribution >= 0.6 is 0 Å². The summed E-state index contributed by atoms with van der Waals surface area (Å²) in [7, 11) is 0. The first-order chi connectivity index (χ1) is 12.0. The number of pyridine rings is 1. The molecule has 0 fully saturated rings. The SMILES string of the molecule is N#Cc1c2ccc([N+](=O)[O-])cc2c(=O)n2c1nc(N)c1ccccc12. The highest BCUT2D eigenvalue weighted by Gasteiger charge is 2.18. The molecule has 120 valence electrons. The average molecular weight is 331 g/mol. The summed E-state index contributed by atoms with van der Waals surface area (Å²) < 4.78 is 1.27. The van der Waals surface area contributed by atoms with Crippen LogP contribution in [0.3, 0.4) is 0 Å². The van der Waals surface area contributed by atoms with Crippen molar-refractivity contribution in [3.63, 3.8) is 0 Å². The molecule has 4 aromatic rings. The highest BCUT2D eigenvalue weighted by Crippen LogP contribution is 2.27. The lowest BCUT2D eigenvalue weighted by Crippen LogP contribution is -2.18. The normalized spacial score (nSPS) is 11.0. The van der Waals surface area contributed by atoms with Gasteiger partial charge in [-0.15, -0.1) is 0 Å². The minimum absolute atomic E-state index is 0.0833. The van der Waals surface area contributed by atoms with Crippen LogP contribution in [-0.4, -0.2) is 14.3 Å². The molecular formula is C17H9N5O3. The number of non-ortho nitro benzene ring substituents is 1. The van der Waals surface area contributed by atoms with Crippen LogP contribution in [-0.2, 0) is 0 Å². The van der Waals surface area contributed by atoms with Crippen LogP contribution in [0, 0.1) is 21.4 Å². The van der Waals surface area contributed by atoms with Gasteiger partial charge in [0.25, 0.3) is 11.2 Å². The lowest BCUT2D eigenvalue weighted by Gasteiger charge is -2.11. The first-order valence-electron chi connectivity index (χ1n) is 7.24. The summed E-state index contributed by atoms with van der Waals surface area (Å²) in [5, 5.41) is 21.6. The molecule has 0 atom stereocenters. The van der Waals surface area contributed by atoms with Crippen molar-refractivity contribution in [2.24, 2.45) is 0 Å². The van der Waals surface area contributed by atoms with E-state index < -0.39 is 10.5 Å². The molecule has 0 saturated heterocycles. The number of rotatable bonds is 1. The first-order valence-corrected chi connectivity index (χ1v) is 7.24. The Labute approximate surface area is 139 Å². The molecule has 8 heteroatoms. The second kappa shape index (κ2) is 5.01. The van der Waals surface area contributed by atoms with Gasteiger partial charge in [0.05, 0.1) is 15.8 Å². The van der Waals surface area contributed by atoms with Gasteiger partial charge in [0.15, 0.2) is 5.65 Å². The Kier molecular flexibility index (Phi) is 2.92. The number of hydrogen-bond acceptors (Lipinski definition) is 6. The summed E-state index contributed by atoms with van der Waals surface area (Å²) in [6, 6.07) is 12.7. The number of hydrogen-bond donors (Lipinski definition) is 1. The van der Waals surface area contributed by atoms with E-state index in [9.17, 15) is 20.2 Å². The number of nitrogen functional groups attached to an aromatic ring is 1. The lowest BCUT2D eigenvalue weighted by molar-refractivity contribution is -0.384. The molecule has 0 amide bonds. The van der Waals surface area contributed by atoms with Gasteiger partial charge in [0, 0.05) is 22.9 Å². The molecule has 0 radical (unpaired) electrons. The highest BCUT2D eigenvalue weighted by atomic mass is 16.6. The van der Waals surface area contributed by atoms with Gasteiger partial charge >= 0.3 is 0 Å². The van der Waals surface area contributed by atoms with Crippen LogP contribution in [0.25, 0.3) is 27.3 Å². The minimum atomic E-state index is -0.584. The number of benzene rings is 2. The third-order valence-electron chi connectivity index (χ3n) is 4.11. The van der Waals surface area contributed by atoms with E-state index in [4.69, 9.17) is 5.73 Å². The summed E-state index contributed by atoms with van der Waals surface area (Å²) in [6.07, 6.45) is 0. The smallest absolute Gasteiger partial charge is 0.270 e. The number of nitro benzene ring substituents is 1. The number of para-hydroxylation sites is 1. The average Bonchev–Trinajstić information content (AvgIpc) is 2.62. The topological polar surface area (TPSA) is 127 Å². The number of nitrogens with two attached hydrogens (primary N) is 1. The Bertz CT molecular complexity index is 1320. The lowest BCUT2D eigenvalue weighted by atomic mass is 10.1. The fourth-order valence-corrected chi connectivity index (χ4v) is 2.99. The molecule has 8 nitrogen and oxygen atoms in total. The highest BCUT2D eigenvalue weighted by molar-refractivity contribution is 5.97. The third kappa shape index (κ3) is 1.93. The van der Waals surface area contributed by atoms with Gasteiger partial charge in [0.1, 0.15) is 17.5 Å². The molecule has 2 N–H and O–H groups in total. The van der Waals surface area contributed by atoms with Crippen molar-refractivity contribution < 1.29 is 4.92 Å². The van der Waals surface area contributed by atoms with Gasteiger partial charge in [-0.3, -0.25) is 19.3 Å². The van der Waals surface area contributed by atoms with E-state index in [2.05, 4.69) is 4.98 Å². The summed E-state index contributed by atoms with van der Waals surface area (Å²) >= 11 is 0. The second-order valence-electron chi connectivity index (χ2n) is 5.45. The Morgan fingerprint density at radius 3 is 2.64 bits per heavy atom. The van der Waals surface area contributed by atoms with Crippen molar-refractivity contribution in [1.82, 2.24) is 9.38 Å². The Balaban J connectivity index is 2.37. The van der Waals surface area contributed by atoms with E-state index in [1.807, 2.05) is 6.07 Å². The van der Waals surface area contributed by atoms with Crippen molar-refractivity contribution in [3.8, 4) is 6.07 Å². The van der Waals surface area contributed by atoms with E-state index >= 15 is 0 Å². The first kappa shape index (κ1) is 14.6. The van der Waals surface area contributed by atoms with Gasteiger partial charge in [0.2, 0.25) is 0 Å². The molecule has 0 aliphatic carbocycles. The third-order valence-corrected chi connectivity index (χ3v) is 4.11. The van der Waals surface area contributed by atoms with Crippen molar-refractivity contribution in [1.29, 1.82) is 5.26 Å². The number of nitrogens with zero attached hydrogens (tertiary/aromatic N) is 4. The van der Waals surface area contributed by atoms with Crippen molar-refractivity contribution in [2.75, 3.05) is 5.73 Å². The molecular weight excluding hydrogens is 322 g/mol. The molecule has 2 aromatic carbocycles. The van der Waals surface area contributed by atoms with Gasteiger partial charge < -0.3 is 5.73 Å². The maximum absolute atomic E-state index is 13.0. The number of aromatic nitrogens is 2. The van der Waals surface area contributed by atoms with Crippen LogP contribution in [0.4, 0.5) is 11.5 Å². The Hall–Kier alpha value is -3.99. The monoisotopic (exact) mass is 331 g/mol. The minimum Gasteiger partial charge on any atom is -0.383 e. The standard InChI is InChI=1S/C17H9N5O3/c18-8-13-10-6-5-9(22(24)25)7-12(10)17(23)21-14-4-2-1-3-11(14)15(19)20-16(13)21/h1-7H,(H2,19,20). The van der Waals surface area contributed by atoms with Crippen LogP contribution in [0.1, 0.15) is 5.56 Å². The van der Waals surface area contributed by atoms with Crippen LogP contribution in [0.5, 0.6) is 0 Å². The zero-order valence-electron chi connectivity index (χ0n) is 12.6. The van der Waals surface area contributed by atoms with Gasteiger partial charge in [-0.25, -0.2) is 4.98 Å². The van der Waals surface area contributed by atoms with Crippen LogP contribution in [0.2, 0.25) is 0 Å². The molecule has 0 aliphatic rings. The van der Waals surface area contributed by atoms with Crippen molar-refractivity contribution >= 4 is 38.8 Å². The quantitative estimate of drug-likeness (QED) is 0.247. The zero-order valence-corrected chi connectivity index (χ0v) is 12.6. The van der Waals surface area contributed by atoms with Crippen molar-refractivity contribution in [3.05, 3.63) is 68.5 Å². The summed E-state index contributed by atoms with van der Waals surface area (Å²) in [5.41, 5.74) is 6.02. The maximum atomic E-state index is 13.0. The molecule has 0 aliphatic heterocycles. The maximum Gasteiger partial charge on any atom is 0.270 e. The predicted octanol–water partition coefficient (Wildman–Crippen LogP) is 2.36. The number of nitro groups is 1. The number of anilines is 1. The fraction of sp³-hybridized carbons (Fsp3) is 0. The van der Waals surface area contributed by atoms with E-state index in [0.717, 1.165) is 0 Å². The van der Waals surface area contributed by atoms with Crippen LogP contribution < -0.4 is 11.3 Å². The van der Waals surface area contributed by atoms with Gasteiger partial charge in [-0.05, 0) is 18.2 Å². The Morgan fingerprint density at radius 2 is 1.92 bits per heavy atom. The molecule has 2 aromatic heterocycles.